The van der Waals surface area contributed by atoms with Crippen LogP contribution in [0.3, 0.4) is 0 Å². The lowest BCUT2D eigenvalue weighted by atomic mass is 10.0. The van der Waals surface area contributed by atoms with Crippen LogP contribution in [0, 0.1) is 11.3 Å². The van der Waals surface area contributed by atoms with Gasteiger partial charge in [0.1, 0.15) is 0 Å². The average molecular weight is 156 g/mol. The third-order valence-corrected chi connectivity index (χ3v) is 2.55. The van der Waals surface area contributed by atoms with Crippen LogP contribution in [-0.2, 0) is 14.3 Å². The van der Waals surface area contributed by atoms with Crippen LogP contribution in [0.25, 0.3) is 0 Å². The summed E-state index contributed by atoms with van der Waals surface area (Å²) < 4.78 is 4.68. The SMILES string of the molecule is O=C(O)[C@]12C[C@H]1CCOC2=O. The molecule has 2 aliphatic rings. The fourth-order valence-corrected chi connectivity index (χ4v) is 1.70. The zero-order valence-electron chi connectivity index (χ0n) is 5.87. The van der Waals surface area contributed by atoms with Crippen LogP contribution in [0.15, 0.2) is 0 Å². The Bertz CT molecular complexity index is 235. The number of carbonyl (C=O) groups excluding carboxylic acids is 1. The number of carboxylic acids is 1. The molecule has 0 aromatic carbocycles. The fraction of sp³-hybridized carbons (Fsp3) is 0.714. The number of rotatable bonds is 1. The van der Waals surface area contributed by atoms with Crippen LogP contribution in [0.4, 0.5) is 0 Å². The normalized spacial score (nSPS) is 40.7. The predicted molar refractivity (Wildman–Crippen MR) is 33.8 cm³/mol. The van der Waals surface area contributed by atoms with E-state index in [1.165, 1.54) is 0 Å². The van der Waals surface area contributed by atoms with Crippen LogP contribution in [-0.4, -0.2) is 23.7 Å². The molecule has 4 heteroatoms. The van der Waals surface area contributed by atoms with Gasteiger partial charge < -0.3 is 9.84 Å². The molecule has 0 aromatic heterocycles. The highest BCUT2D eigenvalue weighted by molar-refractivity contribution is 6.03. The number of fused-ring (bicyclic) bond motifs is 1. The highest BCUT2D eigenvalue weighted by atomic mass is 16.5. The van der Waals surface area contributed by atoms with E-state index < -0.39 is 17.4 Å². The number of hydrogen-bond donors (Lipinski definition) is 1. The van der Waals surface area contributed by atoms with Crippen molar-refractivity contribution in [3.8, 4) is 0 Å². The first-order valence-electron chi connectivity index (χ1n) is 3.58. The van der Waals surface area contributed by atoms with Gasteiger partial charge in [0.2, 0.25) is 0 Å². The maximum absolute atomic E-state index is 11.0. The van der Waals surface area contributed by atoms with Gasteiger partial charge in [-0.2, -0.15) is 0 Å². The second kappa shape index (κ2) is 1.75. The van der Waals surface area contributed by atoms with E-state index >= 15 is 0 Å². The smallest absolute Gasteiger partial charge is 0.323 e. The first-order chi connectivity index (χ1) is 5.18. The minimum Gasteiger partial charge on any atom is -0.480 e. The lowest BCUT2D eigenvalue weighted by molar-refractivity contribution is -0.165. The zero-order valence-corrected chi connectivity index (χ0v) is 5.87. The molecule has 1 saturated heterocycles. The summed E-state index contributed by atoms with van der Waals surface area (Å²) >= 11 is 0. The molecule has 0 spiro atoms. The monoisotopic (exact) mass is 156 g/mol. The van der Waals surface area contributed by atoms with E-state index in [1.807, 2.05) is 0 Å². The van der Waals surface area contributed by atoms with Crippen LogP contribution < -0.4 is 0 Å². The Morgan fingerprint density at radius 2 is 2.45 bits per heavy atom. The van der Waals surface area contributed by atoms with Crippen molar-refractivity contribution in [3.63, 3.8) is 0 Å². The van der Waals surface area contributed by atoms with Crippen LogP contribution >= 0.6 is 0 Å². The number of carboxylic acid groups (broad SMARTS) is 1. The van der Waals surface area contributed by atoms with Crippen LogP contribution in [0.5, 0.6) is 0 Å². The molecule has 2 atom stereocenters. The fourth-order valence-electron chi connectivity index (χ4n) is 1.70. The molecule has 4 nitrogen and oxygen atoms in total. The summed E-state index contributed by atoms with van der Waals surface area (Å²) in [6.45, 7) is 0.387. The minimum absolute atomic E-state index is 0.0428. The van der Waals surface area contributed by atoms with Gasteiger partial charge in [-0.15, -0.1) is 0 Å². The molecule has 2 fully saturated rings. The van der Waals surface area contributed by atoms with E-state index in [1.54, 1.807) is 0 Å². The highest BCUT2D eigenvalue weighted by Crippen LogP contribution is 2.57. The molecule has 0 amide bonds. The summed E-state index contributed by atoms with van der Waals surface area (Å²) in [6.07, 6.45) is 1.18. The van der Waals surface area contributed by atoms with Gasteiger partial charge in [0, 0.05) is 0 Å². The largest absolute Gasteiger partial charge is 0.480 e. The molecule has 11 heavy (non-hydrogen) atoms. The number of carbonyl (C=O) groups is 2. The Morgan fingerprint density at radius 3 is 2.91 bits per heavy atom. The molecule has 1 aliphatic heterocycles. The summed E-state index contributed by atoms with van der Waals surface area (Å²) in [5.74, 6) is -1.52. The summed E-state index contributed by atoms with van der Waals surface area (Å²) in [5, 5.41) is 8.71. The first-order valence-corrected chi connectivity index (χ1v) is 3.58. The second-order valence-corrected chi connectivity index (χ2v) is 3.10. The standard InChI is InChI=1S/C7H8O4/c8-5(9)7-3-4(7)1-2-11-6(7)10/h4H,1-3H2,(H,8,9)/t4-,7+/m1/s1. The van der Waals surface area contributed by atoms with Crippen molar-refractivity contribution in [2.45, 2.75) is 12.8 Å². The number of hydrogen-bond acceptors (Lipinski definition) is 3. The molecule has 60 valence electrons. The molecule has 1 N–H and O–H groups in total. The van der Waals surface area contributed by atoms with Gasteiger partial charge in [0.15, 0.2) is 5.41 Å². The van der Waals surface area contributed by atoms with Gasteiger partial charge in [-0.1, -0.05) is 0 Å². The molecule has 0 bridgehead atoms. The van der Waals surface area contributed by atoms with Crippen LogP contribution in [0.1, 0.15) is 12.8 Å². The third-order valence-electron chi connectivity index (χ3n) is 2.55. The Kier molecular flexibility index (Phi) is 1.06. The maximum atomic E-state index is 11.0. The molecule has 1 heterocycles. The highest BCUT2D eigenvalue weighted by Gasteiger charge is 2.68. The van der Waals surface area contributed by atoms with Crippen molar-refractivity contribution in [2.75, 3.05) is 6.61 Å². The Morgan fingerprint density at radius 1 is 1.73 bits per heavy atom. The molecular formula is C7H8O4. The van der Waals surface area contributed by atoms with E-state index in [4.69, 9.17) is 5.11 Å². The van der Waals surface area contributed by atoms with Gasteiger partial charge in [0.05, 0.1) is 6.61 Å². The predicted octanol–water partition coefficient (Wildman–Crippen LogP) is 0.0242. The van der Waals surface area contributed by atoms with Crippen molar-refractivity contribution in [2.24, 2.45) is 11.3 Å². The number of aliphatic carboxylic acids is 1. The van der Waals surface area contributed by atoms with E-state index in [0.29, 0.717) is 19.4 Å². The van der Waals surface area contributed by atoms with E-state index in [0.717, 1.165) is 0 Å². The first kappa shape index (κ1) is 6.64. The van der Waals surface area contributed by atoms with Gasteiger partial charge in [0.25, 0.3) is 0 Å². The van der Waals surface area contributed by atoms with E-state index in [2.05, 4.69) is 4.74 Å². The van der Waals surface area contributed by atoms with Crippen molar-refractivity contribution in [3.05, 3.63) is 0 Å². The molecule has 1 aliphatic carbocycles. The Hall–Kier alpha value is -1.06. The van der Waals surface area contributed by atoms with Crippen molar-refractivity contribution in [1.82, 2.24) is 0 Å². The summed E-state index contributed by atoms with van der Waals surface area (Å²) in [5.41, 5.74) is -1.14. The van der Waals surface area contributed by atoms with Crippen LogP contribution in [0.2, 0.25) is 0 Å². The maximum Gasteiger partial charge on any atom is 0.323 e. The lowest BCUT2D eigenvalue weighted by Crippen LogP contribution is -2.33. The van der Waals surface area contributed by atoms with Crippen molar-refractivity contribution < 1.29 is 19.4 Å². The summed E-state index contributed by atoms with van der Waals surface area (Å²) in [7, 11) is 0. The topological polar surface area (TPSA) is 63.6 Å². The van der Waals surface area contributed by atoms with Gasteiger partial charge >= 0.3 is 11.9 Å². The molecule has 0 aromatic rings. The molecule has 0 unspecified atom stereocenters. The van der Waals surface area contributed by atoms with Crippen molar-refractivity contribution >= 4 is 11.9 Å². The second-order valence-electron chi connectivity index (χ2n) is 3.10. The lowest BCUT2D eigenvalue weighted by Gasteiger charge is -2.16. The Labute approximate surface area is 63.1 Å². The zero-order chi connectivity index (χ0) is 8.06. The minimum atomic E-state index is -1.14. The van der Waals surface area contributed by atoms with Gasteiger partial charge in [-0.3, -0.25) is 9.59 Å². The summed E-state index contributed by atoms with van der Waals surface area (Å²) in [4.78, 5) is 21.6. The molecular weight excluding hydrogens is 148 g/mol. The quantitative estimate of drug-likeness (QED) is 0.429. The number of ether oxygens (including phenoxy) is 1. The average Bonchev–Trinajstić information content (AvgIpc) is 2.64. The van der Waals surface area contributed by atoms with E-state index in [-0.39, 0.29) is 5.92 Å². The Balaban J connectivity index is 2.27. The molecule has 0 radical (unpaired) electrons. The van der Waals surface area contributed by atoms with Gasteiger partial charge in [-0.05, 0) is 18.8 Å². The van der Waals surface area contributed by atoms with E-state index in [9.17, 15) is 9.59 Å². The third kappa shape index (κ3) is 0.640. The van der Waals surface area contributed by atoms with Crippen molar-refractivity contribution in [1.29, 1.82) is 0 Å². The number of esters is 1. The molecule has 1 saturated carbocycles. The van der Waals surface area contributed by atoms with Gasteiger partial charge in [-0.25, -0.2) is 0 Å². The summed E-state index contributed by atoms with van der Waals surface area (Å²) in [6, 6.07) is 0. The number of cyclic esters (lactones) is 1. The molecule has 2 rings (SSSR count).